The van der Waals surface area contributed by atoms with Gasteiger partial charge in [0.25, 0.3) is 5.91 Å². The summed E-state index contributed by atoms with van der Waals surface area (Å²) in [7, 11) is 0. The molecule has 0 unspecified atom stereocenters. The first-order valence-electron chi connectivity index (χ1n) is 9.15. The first kappa shape index (κ1) is 18.8. The lowest BCUT2D eigenvalue weighted by atomic mass is 10.1. The van der Waals surface area contributed by atoms with Gasteiger partial charge < -0.3 is 10.4 Å². The van der Waals surface area contributed by atoms with Crippen LogP contribution in [0, 0.1) is 17.8 Å². The molecule has 0 aromatic heterocycles. The van der Waals surface area contributed by atoms with Gasteiger partial charge in [-0.15, -0.1) is 0 Å². The summed E-state index contributed by atoms with van der Waals surface area (Å²) in [5, 5.41) is 11.5. The third-order valence-corrected chi connectivity index (χ3v) is 5.23. The highest BCUT2D eigenvalue weighted by molar-refractivity contribution is 5.94. The molecule has 0 saturated heterocycles. The second-order valence-electron chi connectivity index (χ2n) is 7.03. The van der Waals surface area contributed by atoms with E-state index in [4.69, 9.17) is 5.11 Å². The van der Waals surface area contributed by atoms with Crippen molar-refractivity contribution < 1.29 is 19.5 Å². The minimum absolute atomic E-state index is 0.0175. The third-order valence-electron chi connectivity index (χ3n) is 5.23. The number of fused-ring (bicyclic) bond motifs is 1. The largest absolute Gasteiger partial charge is 0.481 e. The fraction of sp³-hybridized carbons (Fsp3) is 0.318. The van der Waals surface area contributed by atoms with Gasteiger partial charge >= 0.3 is 5.97 Å². The molecule has 4 rings (SSSR count). The zero-order chi connectivity index (χ0) is 19.4. The van der Waals surface area contributed by atoms with Crippen LogP contribution in [0.5, 0.6) is 0 Å². The van der Waals surface area contributed by atoms with Gasteiger partial charge in [-0.2, -0.15) is 0 Å². The molecule has 0 aliphatic heterocycles. The lowest BCUT2D eigenvalue weighted by Crippen LogP contribution is -2.26. The Morgan fingerprint density at radius 3 is 2.11 bits per heavy atom. The predicted molar refractivity (Wildman–Crippen MR) is 101 cm³/mol. The van der Waals surface area contributed by atoms with Crippen LogP contribution in [0.1, 0.15) is 41.7 Å². The Morgan fingerprint density at radius 1 is 1.04 bits per heavy atom. The van der Waals surface area contributed by atoms with Crippen LogP contribution < -0.4 is 5.32 Å². The monoisotopic (exact) mass is 365 g/mol. The topological polar surface area (TPSA) is 83.5 Å². The van der Waals surface area contributed by atoms with Crippen LogP contribution in [0.2, 0.25) is 0 Å². The maximum absolute atomic E-state index is 11.9. The Hall–Kier alpha value is -2.95. The molecule has 27 heavy (non-hydrogen) atoms. The molecule has 2 aliphatic rings. The number of aliphatic carboxylic acids is 1. The molecule has 0 spiro atoms. The highest BCUT2D eigenvalue weighted by Crippen LogP contribution is 2.55. The van der Waals surface area contributed by atoms with E-state index in [1.807, 2.05) is 67.6 Å². The molecule has 0 radical (unpaired) electrons. The first-order valence-corrected chi connectivity index (χ1v) is 9.15. The molecule has 2 saturated carbocycles. The highest BCUT2D eigenvalue weighted by atomic mass is 16.4. The van der Waals surface area contributed by atoms with Gasteiger partial charge in [0, 0.05) is 17.9 Å². The first-order chi connectivity index (χ1) is 13.0. The van der Waals surface area contributed by atoms with E-state index in [1.54, 1.807) is 0 Å². The van der Waals surface area contributed by atoms with Gasteiger partial charge in [-0.25, -0.2) is 0 Å². The van der Waals surface area contributed by atoms with Gasteiger partial charge in [0.05, 0.1) is 12.0 Å². The summed E-state index contributed by atoms with van der Waals surface area (Å²) in [6, 6.07) is 19.2. The van der Waals surface area contributed by atoms with Gasteiger partial charge in [0.1, 0.15) is 5.78 Å². The van der Waals surface area contributed by atoms with Crippen LogP contribution >= 0.6 is 0 Å². The molecule has 140 valence electrons. The molecule has 0 heterocycles. The van der Waals surface area contributed by atoms with E-state index in [-0.39, 0.29) is 35.5 Å². The number of carbonyl (C=O) groups is 3. The number of rotatable bonds is 4. The van der Waals surface area contributed by atoms with Crippen molar-refractivity contribution in [2.45, 2.75) is 25.8 Å². The molecule has 4 atom stereocenters. The molecule has 2 aromatic carbocycles. The second-order valence-corrected chi connectivity index (χ2v) is 7.03. The number of carboxylic acid groups (broad SMARTS) is 1. The number of ketones is 1. The third kappa shape index (κ3) is 4.42. The van der Waals surface area contributed by atoms with Crippen LogP contribution in [0.3, 0.4) is 0 Å². The van der Waals surface area contributed by atoms with Crippen molar-refractivity contribution in [1.29, 1.82) is 0 Å². The fourth-order valence-electron chi connectivity index (χ4n) is 3.68. The summed E-state index contributed by atoms with van der Waals surface area (Å²) in [6.45, 7) is 1.98. The fourth-order valence-corrected chi connectivity index (χ4v) is 3.68. The Morgan fingerprint density at radius 2 is 1.63 bits per heavy atom. The number of amides is 1. The van der Waals surface area contributed by atoms with Gasteiger partial charge in [-0.05, 0) is 37.0 Å². The van der Waals surface area contributed by atoms with Crippen molar-refractivity contribution in [3.8, 4) is 0 Å². The molecule has 2 aliphatic carbocycles. The van der Waals surface area contributed by atoms with Crippen molar-refractivity contribution in [1.82, 2.24) is 5.32 Å². The zero-order valence-electron chi connectivity index (χ0n) is 15.2. The van der Waals surface area contributed by atoms with E-state index in [2.05, 4.69) is 5.32 Å². The molecule has 2 aromatic rings. The van der Waals surface area contributed by atoms with Gasteiger partial charge in [0.2, 0.25) is 0 Å². The number of carboxylic acids is 1. The van der Waals surface area contributed by atoms with Gasteiger partial charge in [-0.3, -0.25) is 14.4 Å². The Labute approximate surface area is 158 Å². The number of nitrogens with one attached hydrogen (secondary N) is 1. The van der Waals surface area contributed by atoms with Crippen LogP contribution in [0.15, 0.2) is 60.7 Å². The number of benzene rings is 2. The summed E-state index contributed by atoms with van der Waals surface area (Å²) in [4.78, 5) is 33.2. The van der Waals surface area contributed by atoms with Crippen molar-refractivity contribution in [2.24, 2.45) is 17.8 Å². The standard InChI is InChI=1S/C15H15NO.C7H8O3/c1-12(13-8-4-2-5-9-13)16-15(17)14-10-6-3-7-11-14;8-4-2-1-3-5(4)6(3)7(9)10/h2-12H,1H3,(H,16,17);3,5-6H,1-2H2,(H,9,10)/t12-;3-,5-,6+/m01/s1. The Bertz CT molecular complexity index is 815. The van der Waals surface area contributed by atoms with Gasteiger partial charge in [-0.1, -0.05) is 48.5 Å². The van der Waals surface area contributed by atoms with Crippen molar-refractivity contribution in [3.05, 3.63) is 71.8 Å². The number of carbonyl (C=O) groups excluding carboxylic acids is 2. The molecule has 0 bridgehead atoms. The van der Waals surface area contributed by atoms with Crippen molar-refractivity contribution in [2.75, 3.05) is 0 Å². The maximum Gasteiger partial charge on any atom is 0.307 e. The highest BCUT2D eigenvalue weighted by Gasteiger charge is 2.61. The smallest absolute Gasteiger partial charge is 0.307 e. The van der Waals surface area contributed by atoms with Crippen LogP contribution in [-0.2, 0) is 9.59 Å². The molecular formula is C22H23NO4. The lowest BCUT2D eigenvalue weighted by Gasteiger charge is -2.14. The number of Topliss-reactive ketones (excluding diaryl/α,β-unsaturated/α-hetero) is 1. The van der Waals surface area contributed by atoms with Crippen molar-refractivity contribution >= 4 is 17.7 Å². The molecular weight excluding hydrogens is 342 g/mol. The second kappa shape index (κ2) is 8.16. The maximum atomic E-state index is 11.9. The van der Waals surface area contributed by atoms with Crippen LogP contribution in [-0.4, -0.2) is 22.8 Å². The normalized spacial score (nSPS) is 23.4. The quantitative estimate of drug-likeness (QED) is 0.869. The van der Waals surface area contributed by atoms with Crippen LogP contribution in [0.4, 0.5) is 0 Å². The summed E-state index contributed by atoms with van der Waals surface area (Å²) in [5.41, 5.74) is 1.80. The summed E-state index contributed by atoms with van der Waals surface area (Å²) in [5.74, 6) is -0.883. The minimum atomic E-state index is -0.789. The van der Waals surface area contributed by atoms with Crippen molar-refractivity contribution in [3.63, 3.8) is 0 Å². The Balaban J connectivity index is 0.000000177. The van der Waals surface area contributed by atoms with Crippen LogP contribution in [0.25, 0.3) is 0 Å². The van der Waals surface area contributed by atoms with E-state index >= 15 is 0 Å². The van der Waals surface area contributed by atoms with E-state index in [9.17, 15) is 14.4 Å². The summed E-state index contributed by atoms with van der Waals surface area (Å²) < 4.78 is 0. The minimum Gasteiger partial charge on any atom is -0.481 e. The van der Waals surface area contributed by atoms with E-state index in [0.717, 1.165) is 12.0 Å². The lowest BCUT2D eigenvalue weighted by molar-refractivity contribution is -0.140. The molecule has 2 fully saturated rings. The predicted octanol–water partition coefficient (Wildman–Crippen LogP) is 3.47. The molecule has 5 heteroatoms. The molecule has 2 N–H and O–H groups in total. The molecule has 5 nitrogen and oxygen atoms in total. The Kier molecular flexibility index (Phi) is 5.69. The van der Waals surface area contributed by atoms with Gasteiger partial charge in [0.15, 0.2) is 0 Å². The SMILES string of the molecule is C[C@H](NC(=O)c1ccccc1)c1ccccc1.O=C(O)[C@H]1[C@@H]2CCC(=O)[C@@H]21. The summed E-state index contributed by atoms with van der Waals surface area (Å²) in [6.07, 6.45) is 1.42. The summed E-state index contributed by atoms with van der Waals surface area (Å²) >= 11 is 0. The van der Waals surface area contributed by atoms with E-state index in [1.165, 1.54) is 0 Å². The van der Waals surface area contributed by atoms with E-state index in [0.29, 0.717) is 12.0 Å². The van der Waals surface area contributed by atoms with E-state index < -0.39 is 5.97 Å². The molecule has 1 amide bonds. The number of hydrogen-bond donors (Lipinski definition) is 2. The average molecular weight is 365 g/mol. The zero-order valence-corrected chi connectivity index (χ0v) is 15.2. The number of hydrogen-bond acceptors (Lipinski definition) is 3. The average Bonchev–Trinajstić information content (AvgIpc) is 3.32.